The highest BCUT2D eigenvalue weighted by molar-refractivity contribution is 6.32. The Labute approximate surface area is 115 Å². The third-order valence-corrected chi connectivity index (χ3v) is 2.80. The quantitative estimate of drug-likeness (QED) is 0.808. The maximum atomic E-state index is 11.5. The molecule has 6 heteroatoms. The van der Waals surface area contributed by atoms with Crippen LogP contribution in [0.1, 0.15) is 17.4 Å². The lowest BCUT2D eigenvalue weighted by atomic mass is 10.3. The summed E-state index contributed by atoms with van der Waals surface area (Å²) >= 11 is 6.05. The van der Waals surface area contributed by atoms with E-state index in [0.717, 1.165) is 5.69 Å². The molecule has 2 rings (SSSR count). The number of carbonyl (C=O) groups excluding carboxylic acids is 1. The zero-order valence-electron chi connectivity index (χ0n) is 10.6. The molecule has 0 atom stereocenters. The number of benzene rings is 1. The van der Waals surface area contributed by atoms with E-state index < -0.39 is 5.97 Å². The maximum absolute atomic E-state index is 11.5. The molecule has 19 heavy (non-hydrogen) atoms. The minimum atomic E-state index is -0.444. The van der Waals surface area contributed by atoms with Crippen LogP contribution < -0.4 is 4.74 Å². The van der Waals surface area contributed by atoms with E-state index >= 15 is 0 Å². The van der Waals surface area contributed by atoms with E-state index in [0.29, 0.717) is 17.4 Å². The molecular weight excluding hydrogens is 268 g/mol. The molecule has 0 N–H and O–H groups in total. The fraction of sp³-hybridized carbons (Fsp3) is 0.231. The van der Waals surface area contributed by atoms with Gasteiger partial charge in [-0.2, -0.15) is 0 Å². The monoisotopic (exact) mass is 280 g/mol. The van der Waals surface area contributed by atoms with Crippen molar-refractivity contribution in [2.24, 2.45) is 0 Å². The number of imidazole rings is 1. The first kappa shape index (κ1) is 13.4. The summed E-state index contributed by atoms with van der Waals surface area (Å²) in [5.74, 6) is 0.150. The Bertz CT molecular complexity index is 595. The number of halogens is 1. The molecular formula is C13H13ClN2O3. The second-order valence-electron chi connectivity index (χ2n) is 3.71. The van der Waals surface area contributed by atoms with Gasteiger partial charge in [-0.25, -0.2) is 9.78 Å². The van der Waals surface area contributed by atoms with Gasteiger partial charge in [0.15, 0.2) is 5.69 Å². The third kappa shape index (κ3) is 2.88. The largest absolute Gasteiger partial charge is 0.495 e. The number of esters is 1. The highest BCUT2D eigenvalue weighted by Crippen LogP contribution is 2.26. The van der Waals surface area contributed by atoms with Gasteiger partial charge in [0, 0.05) is 11.9 Å². The molecule has 0 radical (unpaired) electrons. The Hall–Kier alpha value is -2.01. The molecule has 0 saturated heterocycles. The second-order valence-corrected chi connectivity index (χ2v) is 4.11. The van der Waals surface area contributed by atoms with Crippen LogP contribution in [0.4, 0.5) is 0 Å². The fourth-order valence-electron chi connectivity index (χ4n) is 1.59. The molecule has 0 aliphatic carbocycles. The van der Waals surface area contributed by atoms with E-state index in [4.69, 9.17) is 21.1 Å². The predicted molar refractivity (Wildman–Crippen MR) is 71.1 cm³/mol. The summed E-state index contributed by atoms with van der Waals surface area (Å²) in [7, 11) is 1.55. The highest BCUT2D eigenvalue weighted by Gasteiger charge is 2.11. The molecule has 100 valence electrons. The van der Waals surface area contributed by atoms with Crippen LogP contribution in [0, 0.1) is 0 Å². The van der Waals surface area contributed by atoms with Crippen LogP contribution in [-0.2, 0) is 4.74 Å². The molecule has 1 heterocycles. The average Bonchev–Trinajstić information content (AvgIpc) is 2.88. The van der Waals surface area contributed by atoms with Crippen molar-refractivity contribution in [2.45, 2.75) is 6.92 Å². The maximum Gasteiger partial charge on any atom is 0.358 e. The van der Waals surface area contributed by atoms with Gasteiger partial charge >= 0.3 is 5.97 Å². The van der Waals surface area contributed by atoms with Crippen molar-refractivity contribution in [3.05, 3.63) is 41.4 Å². The van der Waals surface area contributed by atoms with Crippen molar-refractivity contribution in [3.63, 3.8) is 0 Å². The second kappa shape index (κ2) is 5.75. The Kier molecular flexibility index (Phi) is 4.06. The standard InChI is InChI=1S/C13H13ClN2O3/c1-3-19-13(17)11-7-16(8-15-11)9-4-5-12(18-2)10(14)6-9/h4-8H,3H2,1-2H3. The van der Waals surface area contributed by atoms with Gasteiger partial charge < -0.3 is 14.0 Å². The van der Waals surface area contributed by atoms with E-state index in [1.54, 1.807) is 36.9 Å². The van der Waals surface area contributed by atoms with Crippen LogP contribution in [0.15, 0.2) is 30.7 Å². The molecule has 0 unspecified atom stereocenters. The number of hydrogen-bond donors (Lipinski definition) is 0. The van der Waals surface area contributed by atoms with Crippen LogP contribution in [-0.4, -0.2) is 29.2 Å². The molecule has 0 aliphatic heterocycles. The number of hydrogen-bond acceptors (Lipinski definition) is 4. The summed E-state index contributed by atoms with van der Waals surface area (Å²) in [5.41, 5.74) is 1.04. The molecule has 0 bridgehead atoms. The lowest BCUT2D eigenvalue weighted by Crippen LogP contribution is -2.04. The van der Waals surface area contributed by atoms with E-state index in [2.05, 4.69) is 4.98 Å². The summed E-state index contributed by atoms with van der Waals surface area (Å²) in [4.78, 5) is 15.5. The Balaban J connectivity index is 2.27. The zero-order valence-corrected chi connectivity index (χ0v) is 11.3. The van der Waals surface area contributed by atoms with Gasteiger partial charge in [-0.05, 0) is 25.1 Å². The normalized spacial score (nSPS) is 10.3. The smallest absolute Gasteiger partial charge is 0.358 e. The molecule has 0 amide bonds. The lowest BCUT2D eigenvalue weighted by molar-refractivity contribution is 0.0520. The third-order valence-electron chi connectivity index (χ3n) is 2.50. The molecule has 0 aliphatic rings. The predicted octanol–water partition coefficient (Wildman–Crippen LogP) is 2.71. The minimum absolute atomic E-state index is 0.258. The van der Waals surface area contributed by atoms with Crippen LogP contribution >= 0.6 is 11.6 Å². The molecule has 0 saturated carbocycles. The summed E-state index contributed by atoms with van der Waals surface area (Å²) in [6, 6.07) is 5.31. The van der Waals surface area contributed by atoms with Gasteiger partial charge in [0.05, 0.1) is 18.7 Å². The first-order valence-electron chi connectivity index (χ1n) is 5.70. The van der Waals surface area contributed by atoms with Gasteiger partial charge in [-0.3, -0.25) is 0 Å². The molecule has 5 nitrogen and oxygen atoms in total. The SMILES string of the molecule is CCOC(=O)c1cn(-c2ccc(OC)c(Cl)c2)cn1. The molecule has 1 aromatic heterocycles. The Morgan fingerprint density at radius 3 is 2.89 bits per heavy atom. The van der Waals surface area contributed by atoms with Crippen molar-refractivity contribution in [2.75, 3.05) is 13.7 Å². The van der Waals surface area contributed by atoms with Crippen LogP contribution in [0.3, 0.4) is 0 Å². The first-order valence-corrected chi connectivity index (χ1v) is 6.08. The average molecular weight is 281 g/mol. The Morgan fingerprint density at radius 2 is 2.26 bits per heavy atom. The number of ether oxygens (including phenoxy) is 2. The fourth-order valence-corrected chi connectivity index (χ4v) is 1.84. The summed E-state index contributed by atoms with van der Waals surface area (Å²) in [6.07, 6.45) is 3.13. The van der Waals surface area contributed by atoms with Crippen molar-refractivity contribution < 1.29 is 14.3 Å². The van der Waals surface area contributed by atoms with E-state index in [-0.39, 0.29) is 5.69 Å². The molecule has 0 spiro atoms. The molecule has 2 aromatic rings. The van der Waals surface area contributed by atoms with Crippen molar-refractivity contribution >= 4 is 17.6 Å². The number of carbonyl (C=O) groups is 1. The van der Waals surface area contributed by atoms with Gasteiger partial charge in [-0.1, -0.05) is 11.6 Å². The first-order chi connectivity index (χ1) is 9.15. The van der Waals surface area contributed by atoms with Gasteiger partial charge in [0.25, 0.3) is 0 Å². The zero-order chi connectivity index (χ0) is 13.8. The lowest BCUT2D eigenvalue weighted by Gasteiger charge is -2.06. The highest BCUT2D eigenvalue weighted by atomic mass is 35.5. The van der Waals surface area contributed by atoms with Gasteiger partial charge in [-0.15, -0.1) is 0 Å². The van der Waals surface area contributed by atoms with Crippen LogP contribution in [0.25, 0.3) is 5.69 Å². The van der Waals surface area contributed by atoms with Crippen molar-refractivity contribution in [1.82, 2.24) is 9.55 Å². The number of aromatic nitrogens is 2. The summed E-state index contributed by atoms with van der Waals surface area (Å²) in [5, 5.41) is 0.492. The Morgan fingerprint density at radius 1 is 1.47 bits per heavy atom. The number of nitrogens with zero attached hydrogens (tertiary/aromatic N) is 2. The number of methoxy groups -OCH3 is 1. The summed E-state index contributed by atoms with van der Waals surface area (Å²) in [6.45, 7) is 2.07. The van der Waals surface area contributed by atoms with Crippen molar-refractivity contribution in [1.29, 1.82) is 0 Å². The topological polar surface area (TPSA) is 53.4 Å². The summed E-state index contributed by atoms with van der Waals surface area (Å²) < 4.78 is 11.6. The van der Waals surface area contributed by atoms with E-state index in [1.165, 1.54) is 6.33 Å². The number of rotatable bonds is 4. The van der Waals surface area contributed by atoms with Gasteiger partial charge in [0.2, 0.25) is 0 Å². The van der Waals surface area contributed by atoms with E-state index in [1.807, 2.05) is 6.07 Å². The van der Waals surface area contributed by atoms with Crippen LogP contribution in [0.5, 0.6) is 5.75 Å². The van der Waals surface area contributed by atoms with E-state index in [9.17, 15) is 4.79 Å². The van der Waals surface area contributed by atoms with Gasteiger partial charge in [0.1, 0.15) is 12.1 Å². The molecule has 1 aromatic carbocycles. The minimum Gasteiger partial charge on any atom is -0.495 e. The molecule has 0 fully saturated rings. The van der Waals surface area contributed by atoms with Crippen molar-refractivity contribution in [3.8, 4) is 11.4 Å². The van der Waals surface area contributed by atoms with Crippen LogP contribution in [0.2, 0.25) is 5.02 Å².